The zero-order valence-corrected chi connectivity index (χ0v) is 18.7. The molecule has 0 aliphatic carbocycles. The van der Waals surface area contributed by atoms with Gasteiger partial charge in [0.05, 0.1) is 19.8 Å². The van der Waals surface area contributed by atoms with Gasteiger partial charge in [-0.25, -0.2) is 4.39 Å². The number of aliphatic imine (C=N–C) groups is 1. The van der Waals surface area contributed by atoms with Crippen LogP contribution in [0.4, 0.5) is 4.39 Å². The van der Waals surface area contributed by atoms with Crippen LogP contribution in [0.15, 0.2) is 53.5 Å². The van der Waals surface area contributed by atoms with E-state index in [2.05, 4.69) is 27.8 Å². The van der Waals surface area contributed by atoms with E-state index in [9.17, 15) is 4.39 Å². The molecule has 28 heavy (non-hydrogen) atoms. The van der Waals surface area contributed by atoms with Gasteiger partial charge in [0, 0.05) is 26.7 Å². The fourth-order valence-electron chi connectivity index (χ4n) is 2.48. The van der Waals surface area contributed by atoms with Crippen LogP contribution in [0, 0.1) is 5.82 Å². The van der Waals surface area contributed by atoms with Crippen molar-refractivity contribution >= 4 is 29.9 Å². The Morgan fingerprint density at radius 1 is 0.929 bits per heavy atom. The van der Waals surface area contributed by atoms with E-state index in [0.29, 0.717) is 45.5 Å². The van der Waals surface area contributed by atoms with Crippen molar-refractivity contribution in [2.24, 2.45) is 4.99 Å². The van der Waals surface area contributed by atoms with Gasteiger partial charge in [0.1, 0.15) is 5.82 Å². The van der Waals surface area contributed by atoms with Crippen LogP contribution >= 0.6 is 24.0 Å². The molecular formula is C21H29FIN3O2. The quantitative estimate of drug-likeness (QED) is 0.225. The van der Waals surface area contributed by atoms with Crippen molar-refractivity contribution < 1.29 is 13.9 Å². The minimum atomic E-state index is -0.233. The van der Waals surface area contributed by atoms with Crippen LogP contribution in [-0.4, -0.2) is 32.8 Å². The van der Waals surface area contributed by atoms with Crippen LogP contribution in [0.3, 0.4) is 0 Å². The molecule has 0 unspecified atom stereocenters. The van der Waals surface area contributed by atoms with Gasteiger partial charge in [-0.2, -0.15) is 0 Å². The third kappa shape index (κ3) is 9.48. The summed E-state index contributed by atoms with van der Waals surface area (Å²) in [6, 6.07) is 14.7. The Balaban J connectivity index is 0.00000392. The first-order valence-corrected chi connectivity index (χ1v) is 9.13. The molecule has 0 spiro atoms. The molecule has 0 aromatic heterocycles. The maximum Gasteiger partial charge on any atom is 0.191 e. The highest BCUT2D eigenvalue weighted by atomic mass is 127. The Morgan fingerprint density at radius 3 is 2.25 bits per heavy atom. The second kappa shape index (κ2) is 14.3. The number of hydrogen-bond donors (Lipinski definition) is 2. The third-order valence-corrected chi connectivity index (χ3v) is 3.89. The van der Waals surface area contributed by atoms with E-state index in [0.717, 1.165) is 16.7 Å². The van der Waals surface area contributed by atoms with Crippen LogP contribution in [-0.2, 0) is 29.2 Å². The van der Waals surface area contributed by atoms with E-state index >= 15 is 0 Å². The Kier molecular flexibility index (Phi) is 12.4. The minimum Gasteiger partial charge on any atom is -0.379 e. The molecule has 2 N–H and O–H groups in total. The summed E-state index contributed by atoms with van der Waals surface area (Å²) in [6.45, 7) is 5.69. The van der Waals surface area contributed by atoms with Crippen LogP contribution in [0.2, 0.25) is 0 Å². The molecule has 5 nitrogen and oxygen atoms in total. The molecule has 0 heterocycles. The fourth-order valence-corrected chi connectivity index (χ4v) is 2.48. The highest BCUT2D eigenvalue weighted by Gasteiger charge is 2.01. The molecule has 0 radical (unpaired) electrons. The highest BCUT2D eigenvalue weighted by molar-refractivity contribution is 14.0. The summed E-state index contributed by atoms with van der Waals surface area (Å²) in [5.41, 5.74) is 3.26. The van der Waals surface area contributed by atoms with Crippen molar-refractivity contribution in [3.05, 3.63) is 71.0 Å². The molecule has 2 rings (SSSR count). The Morgan fingerprint density at radius 2 is 1.57 bits per heavy atom. The summed E-state index contributed by atoms with van der Waals surface area (Å²) < 4.78 is 23.8. The van der Waals surface area contributed by atoms with Crippen molar-refractivity contribution in [3.63, 3.8) is 0 Å². The maximum absolute atomic E-state index is 13.0. The lowest BCUT2D eigenvalue weighted by Gasteiger charge is -2.13. The predicted molar refractivity (Wildman–Crippen MR) is 121 cm³/mol. The number of halogens is 2. The molecular weight excluding hydrogens is 472 g/mol. The van der Waals surface area contributed by atoms with Crippen molar-refractivity contribution in [2.45, 2.75) is 26.6 Å². The first-order chi connectivity index (χ1) is 13.2. The number of rotatable bonds is 10. The lowest BCUT2D eigenvalue weighted by molar-refractivity contribution is 0.0453. The summed E-state index contributed by atoms with van der Waals surface area (Å²) in [7, 11) is 1.72. The molecule has 0 fully saturated rings. The van der Waals surface area contributed by atoms with Crippen molar-refractivity contribution in [3.8, 4) is 0 Å². The lowest BCUT2D eigenvalue weighted by atomic mass is 10.1. The Labute approximate surface area is 183 Å². The van der Waals surface area contributed by atoms with Crippen LogP contribution in [0.5, 0.6) is 0 Å². The largest absolute Gasteiger partial charge is 0.379 e. The zero-order chi connectivity index (χ0) is 19.3. The summed E-state index contributed by atoms with van der Waals surface area (Å²) in [5.74, 6) is 0.459. The molecule has 0 aliphatic rings. The van der Waals surface area contributed by atoms with Crippen molar-refractivity contribution in [2.75, 3.05) is 26.9 Å². The number of benzene rings is 2. The van der Waals surface area contributed by atoms with E-state index < -0.39 is 0 Å². The van der Waals surface area contributed by atoms with Crippen LogP contribution in [0.1, 0.15) is 23.6 Å². The highest BCUT2D eigenvalue weighted by Crippen LogP contribution is 2.07. The summed E-state index contributed by atoms with van der Waals surface area (Å²) >= 11 is 0. The van der Waals surface area contributed by atoms with Gasteiger partial charge in [-0.05, 0) is 35.7 Å². The fraction of sp³-hybridized carbons (Fsp3) is 0.381. The topological polar surface area (TPSA) is 54.9 Å². The van der Waals surface area contributed by atoms with Crippen molar-refractivity contribution in [1.82, 2.24) is 10.6 Å². The molecule has 0 aliphatic heterocycles. The van der Waals surface area contributed by atoms with Crippen LogP contribution in [0.25, 0.3) is 0 Å². The van der Waals surface area contributed by atoms with Gasteiger partial charge in [-0.15, -0.1) is 24.0 Å². The zero-order valence-electron chi connectivity index (χ0n) is 16.4. The monoisotopic (exact) mass is 501 g/mol. The van der Waals surface area contributed by atoms with Gasteiger partial charge in [-0.3, -0.25) is 4.99 Å². The molecule has 2 aromatic carbocycles. The second-order valence-corrected chi connectivity index (χ2v) is 5.98. The van der Waals surface area contributed by atoms with Crippen LogP contribution < -0.4 is 10.6 Å². The second-order valence-electron chi connectivity index (χ2n) is 5.98. The molecule has 7 heteroatoms. The molecule has 0 atom stereocenters. The lowest BCUT2D eigenvalue weighted by Crippen LogP contribution is -2.36. The van der Waals surface area contributed by atoms with E-state index in [1.807, 2.05) is 19.1 Å². The van der Waals surface area contributed by atoms with Gasteiger partial charge in [0.2, 0.25) is 0 Å². The summed E-state index contributed by atoms with van der Waals surface area (Å²) in [4.78, 5) is 4.22. The van der Waals surface area contributed by atoms with Gasteiger partial charge in [0.25, 0.3) is 0 Å². The predicted octanol–water partition coefficient (Wildman–Crippen LogP) is 3.86. The number of nitrogens with zero attached hydrogens (tertiary/aromatic N) is 1. The van der Waals surface area contributed by atoms with Gasteiger partial charge < -0.3 is 20.1 Å². The summed E-state index contributed by atoms with van der Waals surface area (Å²) in [6.07, 6.45) is 0. The Bertz CT molecular complexity index is 711. The molecule has 0 amide bonds. The first kappa shape index (κ1) is 24.3. The number of hydrogen-bond acceptors (Lipinski definition) is 3. The van der Waals surface area contributed by atoms with Gasteiger partial charge in [0.15, 0.2) is 5.96 Å². The molecule has 2 aromatic rings. The SMILES string of the molecule is CCOCCOCc1cccc(CNC(=NC)NCc2ccc(F)cc2)c1.I. The maximum atomic E-state index is 13.0. The average molecular weight is 501 g/mol. The first-order valence-electron chi connectivity index (χ1n) is 9.13. The molecule has 0 bridgehead atoms. The van der Waals surface area contributed by atoms with E-state index in [-0.39, 0.29) is 29.8 Å². The van der Waals surface area contributed by atoms with E-state index in [1.54, 1.807) is 19.2 Å². The Hall–Kier alpha value is -1.71. The average Bonchev–Trinajstić information content (AvgIpc) is 2.69. The van der Waals surface area contributed by atoms with Gasteiger partial charge in [-0.1, -0.05) is 36.4 Å². The number of guanidine groups is 1. The normalized spacial score (nSPS) is 11.0. The van der Waals surface area contributed by atoms with Crippen molar-refractivity contribution in [1.29, 1.82) is 0 Å². The third-order valence-electron chi connectivity index (χ3n) is 3.89. The molecule has 0 saturated carbocycles. The van der Waals surface area contributed by atoms with E-state index in [4.69, 9.17) is 9.47 Å². The van der Waals surface area contributed by atoms with E-state index in [1.165, 1.54) is 12.1 Å². The van der Waals surface area contributed by atoms with Gasteiger partial charge >= 0.3 is 0 Å². The summed E-state index contributed by atoms with van der Waals surface area (Å²) in [5, 5.41) is 6.50. The minimum absolute atomic E-state index is 0. The standard InChI is InChI=1S/C21H28FN3O2.HI/c1-3-26-11-12-27-16-19-6-4-5-18(13-19)15-25-21(23-2)24-14-17-7-9-20(22)10-8-17;/h4-10,13H,3,11-12,14-16H2,1-2H3,(H2,23,24,25);1H. The number of nitrogens with one attached hydrogen (secondary N) is 2. The molecule has 154 valence electrons. The number of ether oxygens (including phenoxy) is 2. The smallest absolute Gasteiger partial charge is 0.191 e. The molecule has 0 saturated heterocycles.